The summed E-state index contributed by atoms with van der Waals surface area (Å²) in [4.78, 5) is 0. The predicted molar refractivity (Wildman–Crippen MR) is 62.7 cm³/mol. The summed E-state index contributed by atoms with van der Waals surface area (Å²) >= 11 is 0. The summed E-state index contributed by atoms with van der Waals surface area (Å²) in [5, 5.41) is 0. The Hall–Kier alpha value is -0.960. The van der Waals surface area contributed by atoms with Gasteiger partial charge in [-0.05, 0) is 38.3 Å². The summed E-state index contributed by atoms with van der Waals surface area (Å²) in [6, 6.07) is 7.27. The highest BCUT2D eigenvalue weighted by atomic mass is 19.3. The molecule has 0 radical (unpaired) electrons. The van der Waals surface area contributed by atoms with Gasteiger partial charge in [0.05, 0.1) is 0 Å². The van der Waals surface area contributed by atoms with E-state index in [-0.39, 0.29) is 12.0 Å². The zero-order valence-electron chi connectivity index (χ0n) is 10.1. The Kier molecular flexibility index (Phi) is 3.68. The van der Waals surface area contributed by atoms with Gasteiger partial charge >= 0.3 is 0 Å². The smallest absolute Gasteiger partial charge is 0.249 e. The Balaban J connectivity index is 2.79. The summed E-state index contributed by atoms with van der Waals surface area (Å²) in [7, 11) is 0. The van der Waals surface area contributed by atoms with Crippen molar-refractivity contribution in [2.75, 3.05) is 0 Å². The monoisotopic (exact) mass is 227 g/mol. The highest BCUT2D eigenvalue weighted by molar-refractivity contribution is 5.25. The fourth-order valence-corrected chi connectivity index (χ4v) is 1.73. The van der Waals surface area contributed by atoms with Crippen LogP contribution in [0.5, 0.6) is 0 Å². The zero-order valence-corrected chi connectivity index (χ0v) is 10.1. The van der Waals surface area contributed by atoms with Crippen molar-refractivity contribution >= 4 is 0 Å². The second kappa shape index (κ2) is 4.50. The van der Waals surface area contributed by atoms with E-state index in [0.717, 1.165) is 12.5 Å². The molecule has 90 valence electrons. The molecular weight excluding hydrogens is 208 g/mol. The Labute approximate surface area is 95.7 Å². The number of halogens is 2. The molecule has 0 aliphatic carbocycles. The lowest BCUT2D eigenvalue weighted by molar-refractivity contribution is 0.0226. The first-order chi connectivity index (χ1) is 7.16. The van der Waals surface area contributed by atoms with Gasteiger partial charge in [0.15, 0.2) is 0 Å². The molecule has 0 aromatic heterocycles. The van der Waals surface area contributed by atoms with E-state index in [9.17, 15) is 8.78 Å². The Bertz CT molecular complexity index is 316. The first-order valence-electron chi connectivity index (χ1n) is 5.40. The van der Waals surface area contributed by atoms with Gasteiger partial charge in [0.2, 0.25) is 5.92 Å². The molecule has 0 saturated carbocycles. The second-order valence-corrected chi connectivity index (χ2v) is 5.23. The molecule has 0 atom stereocenters. The highest BCUT2D eigenvalue weighted by Gasteiger charge is 2.21. The van der Waals surface area contributed by atoms with E-state index in [1.807, 2.05) is 32.0 Å². The molecule has 0 heterocycles. The molecule has 16 heavy (non-hydrogen) atoms. The van der Waals surface area contributed by atoms with Gasteiger partial charge < -0.3 is 5.73 Å². The van der Waals surface area contributed by atoms with Crippen molar-refractivity contribution in [2.24, 2.45) is 5.73 Å². The lowest BCUT2D eigenvalue weighted by Crippen LogP contribution is -2.34. The van der Waals surface area contributed by atoms with Gasteiger partial charge in [-0.15, -0.1) is 0 Å². The molecule has 0 spiro atoms. The van der Waals surface area contributed by atoms with Crippen LogP contribution in [-0.4, -0.2) is 11.5 Å². The molecule has 2 N–H and O–H groups in total. The van der Waals surface area contributed by atoms with Crippen LogP contribution in [0, 0.1) is 0 Å². The van der Waals surface area contributed by atoms with Crippen LogP contribution in [0.25, 0.3) is 0 Å². The van der Waals surface area contributed by atoms with Crippen LogP contribution in [0.1, 0.15) is 31.9 Å². The first kappa shape index (κ1) is 13.1. The summed E-state index contributed by atoms with van der Waals surface area (Å²) in [6.07, 6.45) is 0.474. The molecule has 1 aromatic rings. The summed E-state index contributed by atoms with van der Waals surface area (Å²) in [5.41, 5.74) is 7.25. The van der Waals surface area contributed by atoms with Crippen LogP contribution in [-0.2, 0) is 12.8 Å². The topological polar surface area (TPSA) is 26.0 Å². The third-order valence-electron chi connectivity index (χ3n) is 2.17. The first-order valence-corrected chi connectivity index (χ1v) is 5.40. The second-order valence-electron chi connectivity index (χ2n) is 5.23. The summed E-state index contributed by atoms with van der Waals surface area (Å²) < 4.78 is 25.7. The molecule has 0 bridgehead atoms. The maximum atomic E-state index is 12.9. The van der Waals surface area contributed by atoms with Crippen LogP contribution >= 0.6 is 0 Å². The van der Waals surface area contributed by atoms with Crippen molar-refractivity contribution in [1.29, 1.82) is 0 Å². The Morgan fingerprint density at radius 2 is 1.56 bits per heavy atom. The van der Waals surface area contributed by atoms with E-state index in [1.54, 1.807) is 6.07 Å². The normalized spacial score (nSPS) is 12.9. The van der Waals surface area contributed by atoms with Crippen molar-refractivity contribution < 1.29 is 8.78 Å². The molecule has 0 aliphatic rings. The number of alkyl halides is 2. The van der Waals surface area contributed by atoms with E-state index in [0.29, 0.717) is 12.0 Å². The van der Waals surface area contributed by atoms with Crippen LogP contribution < -0.4 is 5.73 Å². The van der Waals surface area contributed by atoms with Gasteiger partial charge in [0.25, 0.3) is 0 Å². The lowest BCUT2D eigenvalue weighted by atomic mass is 9.94. The van der Waals surface area contributed by atoms with Crippen LogP contribution in [0.15, 0.2) is 24.3 Å². The molecule has 1 rings (SSSR count). The zero-order chi connectivity index (χ0) is 12.4. The molecule has 0 amide bonds. The van der Waals surface area contributed by atoms with Gasteiger partial charge in [-0.3, -0.25) is 0 Å². The standard InChI is InChI=1S/C13H19F2N/c1-12(2,16)8-10-5-4-6-11(7-10)9-13(3,14)15/h4-7H,8-9,16H2,1-3H3. The van der Waals surface area contributed by atoms with Crippen molar-refractivity contribution in [2.45, 2.75) is 45.1 Å². The van der Waals surface area contributed by atoms with E-state index >= 15 is 0 Å². The SMILES string of the molecule is CC(C)(N)Cc1cccc(CC(C)(F)F)c1. The number of hydrogen-bond acceptors (Lipinski definition) is 1. The van der Waals surface area contributed by atoms with Gasteiger partial charge in [0, 0.05) is 12.0 Å². The molecule has 1 nitrogen and oxygen atoms in total. The fraction of sp³-hybridized carbons (Fsp3) is 0.538. The van der Waals surface area contributed by atoms with Crippen molar-refractivity contribution in [3.63, 3.8) is 0 Å². The minimum absolute atomic E-state index is 0.216. The highest BCUT2D eigenvalue weighted by Crippen LogP contribution is 2.20. The minimum Gasteiger partial charge on any atom is -0.325 e. The van der Waals surface area contributed by atoms with Gasteiger partial charge in [-0.1, -0.05) is 24.3 Å². The average Bonchev–Trinajstić information content (AvgIpc) is 1.96. The molecule has 0 unspecified atom stereocenters. The van der Waals surface area contributed by atoms with E-state index in [1.165, 1.54) is 0 Å². The average molecular weight is 227 g/mol. The minimum atomic E-state index is -2.66. The predicted octanol–water partition coefficient (Wildman–Crippen LogP) is 3.16. The largest absolute Gasteiger partial charge is 0.325 e. The summed E-state index contributed by atoms with van der Waals surface area (Å²) in [6.45, 7) is 4.79. The van der Waals surface area contributed by atoms with E-state index < -0.39 is 5.92 Å². The quantitative estimate of drug-likeness (QED) is 0.840. The molecule has 3 heteroatoms. The maximum Gasteiger partial charge on any atom is 0.249 e. The third-order valence-corrected chi connectivity index (χ3v) is 2.17. The molecule has 0 fully saturated rings. The summed E-state index contributed by atoms with van der Waals surface area (Å²) in [5.74, 6) is -2.66. The molecule has 1 aromatic carbocycles. The van der Waals surface area contributed by atoms with Crippen LogP contribution in [0.4, 0.5) is 8.78 Å². The van der Waals surface area contributed by atoms with E-state index in [4.69, 9.17) is 5.73 Å². The van der Waals surface area contributed by atoms with E-state index in [2.05, 4.69) is 0 Å². The van der Waals surface area contributed by atoms with Gasteiger partial charge in [0.1, 0.15) is 0 Å². The third kappa shape index (κ3) is 5.21. The Morgan fingerprint density at radius 1 is 1.06 bits per heavy atom. The fourth-order valence-electron chi connectivity index (χ4n) is 1.73. The van der Waals surface area contributed by atoms with Gasteiger partial charge in [-0.2, -0.15) is 0 Å². The number of nitrogens with two attached hydrogens (primary N) is 1. The maximum absolute atomic E-state index is 12.9. The van der Waals surface area contributed by atoms with Crippen molar-refractivity contribution in [3.05, 3.63) is 35.4 Å². The van der Waals surface area contributed by atoms with Crippen LogP contribution in [0.3, 0.4) is 0 Å². The van der Waals surface area contributed by atoms with Gasteiger partial charge in [-0.25, -0.2) is 8.78 Å². The van der Waals surface area contributed by atoms with Crippen LogP contribution in [0.2, 0.25) is 0 Å². The number of hydrogen-bond donors (Lipinski definition) is 1. The van der Waals surface area contributed by atoms with Crippen molar-refractivity contribution in [1.82, 2.24) is 0 Å². The van der Waals surface area contributed by atoms with Crippen molar-refractivity contribution in [3.8, 4) is 0 Å². The Morgan fingerprint density at radius 3 is 2.00 bits per heavy atom. The molecule has 0 aliphatic heterocycles. The molecular formula is C13H19F2N. The molecule has 0 saturated heterocycles. The lowest BCUT2D eigenvalue weighted by Gasteiger charge is -2.19. The number of rotatable bonds is 4. The number of benzene rings is 1.